The molecular formula is C14H24F3O10PS. The van der Waals surface area contributed by atoms with Crippen LogP contribution in [-0.2, 0) is 46.9 Å². The maximum absolute atomic E-state index is 13.1. The van der Waals surface area contributed by atoms with Crippen LogP contribution in [0.15, 0.2) is 0 Å². The van der Waals surface area contributed by atoms with Gasteiger partial charge in [0.2, 0.25) is 0 Å². The molecule has 0 aromatic heterocycles. The third-order valence-electron chi connectivity index (χ3n) is 4.12. The lowest BCUT2D eigenvalue weighted by Gasteiger charge is -2.28. The van der Waals surface area contributed by atoms with Crippen molar-refractivity contribution >= 4 is 17.7 Å². The van der Waals surface area contributed by atoms with Gasteiger partial charge in [-0.3, -0.25) is 4.57 Å². The van der Waals surface area contributed by atoms with E-state index >= 15 is 0 Å². The van der Waals surface area contributed by atoms with Crippen molar-refractivity contribution in [3.05, 3.63) is 0 Å². The van der Waals surface area contributed by atoms with Gasteiger partial charge in [0.15, 0.2) is 18.4 Å². The van der Waals surface area contributed by atoms with E-state index in [0.29, 0.717) is 0 Å². The first-order valence-electron chi connectivity index (χ1n) is 8.76. The van der Waals surface area contributed by atoms with Crippen molar-refractivity contribution in [3.8, 4) is 0 Å². The Morgan fingerprint density at radius 3 is 2.10 bits per heavy atom. The van der Waals surface area contributed by atoms with Gasteiger partial charge in [-0.05, 0) is 20.8 Å². The Morgan fingerprint density at radius 2 is 1.62 bits per heavy atom. The zero-order chi connectivity index (χ0) is 22.0. The minimum absolute atomic E-state index is 0.224. The van der Waals surface area contributed by atoms with Crippen LogP contribution in [0.5, 0.6) is 0 Å². The van der Waals surface area contributed by atoms with Gasteiger partial charge in [-0.1, -0.05) is 0 Å². The van der Waals surface area contributed by atoms with Crippen molar-refractivity contribution in [1.29, 1.82) is 0 Å². The summed E-state index contributed by atoms with van der Waals surface area (Å²) in [7, 11) is -9.22. The number of hydrogen-bond donors (Lipinski definition) is 0. The summed E-state index contributed by atoms with van der Waals surface area (Å²) in [6.07, 6.45) is -4.77. The van der Waals surface area contributed by atoms with E-state index in [-0.39, 0.29) is 13.2 Å². The Kier molecular flexibility index (Phi) is 8.13. The van der Waals surface area contributed by atoms with Crippen molar-refractivity contribution in [2.24, 2.45) is 0 Å². The van der Waals surface area contributed by atoms with Crippen molar-refractivity contribution in [2.45, 2.75) is 69.4 Å². The van der Waals surface area contributed by atoms with Gasteiger partial charge in [-0.15, -0.1) is 0 Å². The highest BCUT2D eigenvalue weighted by Gasteiger charge is 2.57. The van der Waals surface area contributed by atoms with Crippen LogP contribution < -0.4 is 0 Å². The van der Waals surface area contributed by atoms with Crippen molar-refractivity contribution < 1.29 is 58.3 Å². The highest BCUT2D eigenvalue weighted by molar-refractivity contribution is 7.87. The molecule has 0 N–H and O–H groups in total. The van der Waals surface area contributed by atoms with E-state index in [2.05, 4.69) is 4.18 Å². The summed E-state index contributed by atoms with van der Waals surface area (Å²) in [6, 6.07) is 0. The average Bonchev–Trinajstić information content (AvgIpc) is 3.11. The Balaban J connectivity index is 2.33. The van der Waals surface area contributed by atoms with E-state index in [4.69, 9.17) is 28.0 Å². The molecule has 0 aromatic rings. The number of rotatable bonds is 10. The summed E-state index contributed by atoms with van der Waals surface area (Å²) in [5, 5.41) is 0. The van der Waals surface area contributed by atoms with Crippen LogP contribution in [0.2, 0.25) is 0 Å². The molecule has 0 spiro atoms. The Labute approximate surface area is 166 Å². The highest BCUT2D eigenvalue weighted by atomic mass is 32.2. The summed E-state index contributed by atoms with van der Waals surface area (Å²) in [5.41, 5.74) is -5.73. The standard InChI is InChI=1S/C14H24F3O10PS/c1-5-22-28(18,23-6-2)10(27-29(19,20)14(15,16)17)7-9-11-12(13(21-4)26-9)25-8(3)24-11/h8-13H,5-7H2,1-4H3/t8?,9?,10-,11?,12?,13?/m1/s1. The highest BCUT2D eigenvalue weighted by Crippen LogP contribution is 2.57. The van der Waals surface area contributed by atoms with Gasteiger partial charge in [-0.2, -0.15) is 21.6 Å². The Hall–Kier alpha value is -0.310. The van der Waals surface area contributed by atoms with E-state index in [0.717, 1.165) is 0 Å². The number of hydrogen-bond acceptors (Lipinski definition) is 10. The molecule has 0 amide bonds. The maximum atomic E-state index is 13.1. The molecule has 2 rings (SSSR count). The van der Waals surface area contributed by atoms with Gasteiger partial charge >= 0.3 is 23.2 Å². The Bertz CT molecular complexity index is 692. The van der Waals surface area contributed by atoms with E-state index in [9.17, 15) is 26.2 Å². The first-order chi connectivity index (χ1) is 13.4. The Morgan fingerprint density at radius 1 is 1.07 bits per heavy atom. The van der Waals surface area contributed by atoms with E-state index in [1.54, 1.807) is 6.92 Å². The number of halogens is 3. The van der Waals surface area contributed by atoms with Gasteiger partial charge in [0.1, 0.15) is 12.2 Å². The van der Waals surface area contributed by atoms with Crippen LogP contribution >= 0.6 is 7.60 Å². The fraction of sp³-hybridized carbons (Fsp3) is 1.00. The fourth-order valence-electron chi connectivity index (χ4n) is 3.04. The van der Waals surface area contributed by atoms with Gasteiger partial charge in [-0.25, -0.2) is 4.18 Å². The minimum Gasteiger partial charge on any atom is -0.353 e. The van der Waals surface area contributed by atoms with Crippen LogP contribution in [0.1, 0.15) is 27.2 Å². The third-order valence-corrected chi connectivity index (χ3v) is 7.58. The SMILES string of the molecule is CCOP(=O)(OCC)[C@H](CC1OC(OC)C2OC(C)OC12)OS(=O)(=O)C(F)(F)F. The summed E-state index contributed by atoms with van der Waals surface area (Å²) >= 11 is 0. The van der Waals surface area contributed by atoms with Gasteiger partial charge in [0.05, 0.1) is 19.3 Å². The molecule has 6 atom stereocenters. The molecule has 0 saturated carbocycles. The molecule has 2 aliphatic heterocycles. The molecule has 0 bridgehead atoms. The predicted octanol–water partition coefficient (Wildman–Crippen LogP) is 2.34. The smallest absolute Gasteiger partial charge is 0.353 e. The second-order valence-corrected chi connectivity index (χ2v) is 9.85. The van der Waals surface area contributed by atoms with E-state index in [1.807, 2.05) is 0 Å². The molecule has 2 aliphatic rings. The average molecular weight is 472 g/mol. The normalized spacial score (nSPS) is 31.8. The van der Waals surface area contributed by atoms with Crippen LogP contribution in [0.4, 0.5) is 13.2 Å². The molecule has 5 unspecified atom stereocenters. The lowest BCUT2D eigenvalue weighted by molar-refractivity contribution is -0.193. The first-order valence-corrected chi connectivity index (χ1v) is 11.8. The van der Waals surface area contributed by atoms with Crippen molar-refractivity contribution in [3.63, 3.8) is 0 Å². The third kappa shape index (κ3) is 5.49. The molecule has 2 fully saturated rings. The lowest BCUT2D eigenvalue weighted by Crippen LogP contribution is -2.36. The van der Waals surface area contributed by atoms with Crippen LogP contribution in [0, 0.1) is 0 Å². The van der Waals surface area contributed by atoms with Gasteiger partial charge < -0.3 is 28.0 Å². The number of fused-ring (bicyclic) bond motifs is 1. The van der Waals surface area contributed by atoms with Crippen LogP contribution in [0.3, 0.4) is 0 Å². The van der Waals surface area contributed by atoms with Crippen LogP contribution in [0.25, 0.3) is 0 Å². The number of ether oxygens (including phenoxy) is 4. The maximum Gasteiger partial charge on any atom is 0.523 e. The molecule has 0 radical (unpaired) electrons. The molecule has 0 aliphatic carbocycles. The second kappa shape index (κ2) is 9.45. The number of alkyl halides is 3. The van der Waals surface area contributed by atoms with E-state index < -0.39 is 66.4 Å². The molecule has 10 nitrogen and oxygen atoms in total. The zero-order valence-corrected chi connectivity index (χ0v) is 17.9. The second-order valence-electron chi connectivity index (χ2n) is 6.11. The quantitative estimate of drug-likeness (QED) is 0.266. The number of methoxy groups -OCH3 is 1. The molecule has 29 heavy (non-hydrogen) atoms. The molecule has 15 heteroatoms. The lowest BCUT2D eigenvalue weighted by atomic mass is 10.1. The summed E-state index contributed by atoms with van der Waals surface area (Å²) in [6.45, 7) is 3.98. The molecule has 172 valence electrons. The molecule has 0 aromatic carbocycles. The van der Waals surface area contributed by atoms with Gasteiger partial charge in [0, 0.05) is 13.5 Å². The van der Waals surface area contributed by atoms with Crippen LogP contribution in [-0.4, -0.2) is 71.0 Å². The molecule has 2 heterocycles. The molecule has 2 saturated heterocycles. The minimum atomic E-state index is -6.10. The predicted molar refractivity (Wildman–Crippen MR) is 90.2 cm³/mol. The van der Waals surface area contributed by atoms with Crippen molar-refractivity contribution in [2.75, 3.05) is 20.3 Å². The molecular weight excluding hydrogens is 448 g/mol. The largest absolute Gasteiger partial charge is 0.523 e. The summed E-state index contributed by atoms with van der Waals surface area (Å²) in [5.74, 6) is -2.13. The van der Waals surface area contributed by atoms with Gasteiger partial charge in [0.25, 0.3) is 0 Å². The van der Waals surface area contributed by atoms with E-state index in [1.165, 1.54) is 21.0 Å². The monoisotopic (exact) mass is 472 g/mol. The fourth-order valence-corrected chi connectivity index (χ4v) is 5.87. The summed E-state index contributed by atoms with van der Waals surface area (Å²) < 4.78 is 111. The van der Waals surface area contributed by atoms with Crippen molar-refractivity contribution in [1.82, 2.24) is 0 Å². The first kappa shape index (κ1) is 25.0. The topological polar surface area (TPSA) is 116 Å². The zero-order valence-electron chi connectivity index (χ0n) is 16.2. The summed E-state index contributed by atoms with van der Waals surface area (Å²) in [4.78, 5) is 0.